The third-order valence-electron chi connectivity index (χ3n) is 3.48. The van der Waals surface area contributed by atoms with Gasteiger partial charge in [0.05, 0.1) is 22.4 Å². The molecule has 0 bridgehead atoms. The minimum Gasteiger partial charge on any atom is -0.324 e. The molecule has 1 aliphatic heterocycles. The monoisotopic (exact) mass is 357 g/mol. The SMILES string of the molecule is CC(C)(C)C(=O)/C=C1\SCC(=O)N1CC(=O)Nc1cccc(C#N)c1. The molecular formula is C18H19N3O3S. The summed E-state index contributed by atoms with van der Waals surface area (Å²) in [7, 11) is 0. The Balaban J connectivity index is 2.09. The number of allylic oxidation sites excluding steroid dienone is 1. The van der Waals surface area contributed by atoms with Gasteiger partial charge in [0.15, 0.2) is 5.78 Å². The number of hydrogen-bond acceptors (Lipinski definition) is 5. The summed E-state index contributed by atoms with van der Waals surface area (Å²) in [4.78, 5) is 37.7. The summed E-state index contributed by atoms with van der Waals surface area (Å²) in [5.41, 5.74) is 0.367. The highest BCUT2D eigenvalue weighted by Crippen LogP contribution is 2.30. The van der Waals surface area contributed by atoms with Gasteiger partial charge < -0.3 is 5.32 Å². The molecule has 2 rings (SSSR count). The van der Waals surface area contributed by atoms with E-state index in [4.69, 9.17) is 5.26 Å². The zero-order valence-corrected chi connectivity index (χ0v) is 15.1. The summed E-state index contributed by atoms with van der Waals surface area (Å²) in [6.45, 7) is 5.22. The summed E-state index contributed by atoms with van der Waals surface area (Å²) in [6, 6.07) is 8.52. The van der Waals surface area contributed by atoms with Crippen molar-refractivity contribution in [3.63, 3.8) is 0 Å². The van der Waals surface area contributed by atoms with Gasteiger partial charge in [0, 0.05) is 17.2 Å². The molecule has 0 atom stereocenters. The van der Waals surface area contributed by atoms with Crippen molar-refractivity contribution < 1.29 is 14.4 Å². The van der Waals surface area contributed by atoms with Crippen LogP contribution < -0.4 is 5.32 Å². The fourth-order valence-electron chi connectivity index (χ4n) is 2.04. The van der Waals surface area contributed by atoms with Crippen LogP contribution in [0.4, 0.5) is 5.69 Å². The van der Waals surface area contributed by atoms with Crippen LogP contribution in [0.25, 0.3) is 0 Å². The van der Waals surface area contributed by atoms with E-state index in [0.29, 0.717) is 16.3 Å². The topological polar surface area (TPSA) is 90.3 Å². The number of thioether (sulfide) groups is 1. The Morgan fingerprint density at radius 3 is 2.76 bits per heavy atom. The van der Waals surface area contributed by atoms with Gasteiger partial charge in [-0.3, -0.25) is 19.3 Å². The maximum Gasteiger partial charge on any atom is 0.244 e. The second-order valence-corrected chi connectivity index (χ2v) is 7.60. The largest absolute Gasteiger partial charge is 0.324 e. The van der Waals surface area contributed by atoms with E-state index < -0.39 is 5.41 Å². The zero-order chi connectivity index (χ0) is 18.6. The Morgan fingerprint density at radius 1 is 1.40 bits per heavy atom. The second-order valence-electron chi connectivity index (χ2n) is 6.61. The Hall–Kier alpha value is -2.59. The highest BCUT2D eigenvalue weighted by molar-refractivity contribution is 8.04. The highest BCUT2D eigenvalue weighted by Gasteiger charge is 2.30. The van der Waals surface area contributed by atoms with Crippen molar-refractivity contribution in [3.05, 3.63) is 40.9 Å². The van der Waals surface area contributed by atoms with Crippen LogP contribution in [-0.2, 0) is 14.4 Å². The minimum absolute atomic E-state index is 0.100. The molecule has 130 valence electrons. The van der Waals surface area contributed by atoms with Crippen LogP contribution in [0.15, 0.2) is 35.4 Å². The summed E-state index contributed by atoms with van der Waals surface area (Å²) >= 11 is 1.25. The van der Waals surface area contributed by atoms with Crippen molar-refractivity contribution in [2.45, 2.75) is 20.8 Å². The van der Waals surface area contributed by atoms with Crippen LogP contribution in [0.5, 0.6) is 0 Å². The van der Waals surface area contributed by atoms with Crippen molar-refractivity contribution >= 4 is 35.0 Å². The minimum atomic E-state index is -0.551. The van der Waals surface area contributed by atoms with Crippen LogP contribution in [0.1, 0.15) is 26.3 Å². The summed E-state index contributed by atoms with van der Waals surface area (Å²) in [5, 5.41) is 12.0. The molecule has 0 aromatic heterocycles. The molecule has 25 heavy (non-hydrogen) atoms. The molecule has 1 saturated heterocycles. The van der Waals surface area contributed by atoms with Crippen LogP contribution in [0.2, 0.25) is 0 Å². The average Bonchev–Trinajstić information content (AvgIpc) is 2.87. The van der Waals surface area contributed by atoms with Gasteiger partial charge in [0.2, 0.25) is 11.8 Å². The smallest absolute Gasteiger partial charge is 0.244 e. The van der Waals surface area contributed by atoms with Crippen molar-refractivity contribution in [2.24, 2.45) is 5.41 Å². The first-order chi connectivity index (χ1) is 11.7. The molecule has 1 N–H and O–H groups in total. The maximum absolute atomic E-state index is 12.2. The number of hydrogen-bond donors (Lipinski definition) is 1. The Bertz CT molecular complexity index is 787. The van der Waals surface area contributed by atoms with E-state index >= 15 is 0 Å². The van der Waals surface area contributed by atoms with Crippen LogP contribution in [0.3, 0.4) is 0 Å². The number of anilines is 1. The van der Waals surface area contributed by atoms with E-state index in [1.807, 2.05) is 6.07 Å². The summed E-state index contributed by atoms with van der Waals surface area (Å²) in [5.74, 6) is -0.490. The molecule has 2 amide bonds. The molecule has 1 aliphatic rings. The molecule has 0 saturated carbocycles. The summed E-state index contributed by atoms with van der Waals surface area (Å²) < 4.78 is 0. The lowest BCUT2D eigenvalue weighted by Gasteiger charge is -2.19. The maximum atomic E-state index is 12.2. The molecule has 0 radical (unpaired) electrons. The highest BCUT2D eigenvalue weighted by atomic mass is 32.2. The van der Waals surface area contributed by atoms with E-state index in [0.717, 1.165) is 0 Å². The molecule has 7 heteroatoms. The number of carbonyl (C=O) groups is 3. The molecular weight excluding hydrogens is 338 g/mol. The number of carbonyl (C=O) groups excluding carboxylic acids is 3. The number of amides is 2. The van der Waals surface area contributed by atoms with Gasteiger partial charge in [0.1, 0.15) is 6.54 Å². The van der Waals surface area contributed by atoms with Gasteiger partial charge >= 0.3 is 0 Å². The number of nitrogens with zero attached hydrogens (tertiary/aromatic N) is 2. The predicted octanol–water partition coefficient (Wildman–Crippen LogP) is 2.53. The Kier molecular flexibility index (Phi) is 5.65. The van der Waals surface area contributed by atoms with E-state index in [1.165, 1.54) is 22.7 Å². The van der Waals surface area contributed by atoms with Crippen molar-refractivity contribution in [1.82, 2.24) is 4.90 Å². The molecule has 0 aliphatic carbocycles. The fourth-order valence-corrected chi connectivity index (χ4v) is 2.98. The lowest BCUT2D eigenvalue weighted by molar-refractivity contribution is -0.129. The average molecular weight is 357 g/mol. The third-order valence-corrected chi connectivity index (χ3v) is 4.51. The van der Waals surface area contributed by atoms with Gasteiger partial charge in [-0.05, 0) is 18.2 Å². The lowest BCUT2D eigenvalue weighted by Crippen LogP contribution is -2.34. The van der Waals surface area contributed by atoms with Crippen molar-refractivity contribution in [1.29, 1.82) is 5.26 Å². The lowest BCUT2D eigenvalue weighted by atomic mass is 9.91. The first-order valence-electron chi connectivity index (χ1n) is 7.70. The van der Waals surface area contributed by atoms with Crippen LogP contribution >= 0.6 is 11.8 Å². The Labute approximate surface area is 150 Å². The number of nitriles is 1. The number of nitrogens with one attached hydrogen (secondary N) is 1. The van der Waals surface area contributed by atoms with E-state index in [1.54, 1.807) is 45.0 Å². The first kappa shape index (κ1) is 18.7. The van der Waals surface area contributed by atoms with Gasteiger partial charge in [-0.15, -0.1) is 0 Å². The van der Waals surface area contributed by atoms with E-state index in [2.05, 4.69) is 5.32 Å². The predicted molar refractivity (Wildman–Crippen MR) is 96.5 cm³/mol. The van der Waals surface area contributed by atoms with E-state index in [9.17, 15) is 14.4 Å². The number of rotatable bonds is 4. The Morgan fingerprint density at radius 2 is 2.12 bits per heavy atom. The number of ketones is 1. The molecule has 6 nitrogen and oxygen atoms in total. The standard InChI is InChI=1S/C18H19N3O3S/c1-18(2,3)14(22)8-17-21(16(24)11-25-17)10-15(23)20-13-6-4-5-12(7-13)9-19/h4-8H,10-11H2,1-3H3,(H,20,23)/b17-8-. The number of benzene rings is 1. The molecule has 1 heterocycles. The van der Waals surface area contributed by atoms with E-state index in [-0.39, 0.29) is 29.9 Å². The molecule has 0 spiro atoms. The molecule has 1 fully saturated rings. The quantitative estimate of drug-likeness (QED) is 0.836. The van der Waals surface area contributed by atoms with Gasteiger partial charge in [-0.25, -0.2) is 0 Å². The third kappa shape index (κ3) is 4.94. The van der Waals surface area contributed by atoms with Crippen molar-refractivity contribution in [2.75, 3.05) is 17.6 Å². The molecule has 1 aromatic rings. The van der Waals surface area contributed by atoms with Crippen molar-refractivity contribution in [3.8, 4) is 6.07 Å². The van der Waals surface area contributed by atoms with Gasteiger partial charge in [-0.1, -0.05) is 38.6 Å². The van der Waals surface area contributed by atoms with Gasteiger partial charge in [0.25, 0.3) is 0 Å². The first-order valence-corrected chi connectivity index (χ1v) is 8.68. The molecule has 1 aromatic carbocycles. The zero-order valence-electron chi connectivity index (χ0n) is 14.3. The van der Waals surface area contributed by atoms with Gasteiger partial charge in [-0.2, -0.15) is 5.26 Å². The summed E-state index contributed by atoms with van der Waals surface area (Å²) in [6.07, 6.45) is 1.43. The van der Waals surface area contributed by atoms with Crippen LogP contribution in [-0.4, -0.2) is 34.8 Å². The fraction of sp³-hybridized carbons (Fsp3) is 0.333. The second kappa shape index (κ2) is 7.53. The normalized spacial score (nSPS) is 16.0. The molecule has 0 unspecified atom stereocenters. The van der Waals surface area contributed by atoms with Crippen LogP contribution in [0, 0.1) is 16.7 Å².